The smallest absolute Gasteiger partial charge is 0.340 e. The number of hydrogen-bond donors (Lipinski definition) is 2. The second-order valence-corrected chi connectivity index (χ2v) is 7.03. The van der Waals surface area contributed by atoms with E-state index in [1.54, 1.807) is 38.1 Å². The van der Waals surface area contributed by atoms with Crippen molar-refractivity contribution in [2.45, 2.75) is 18.7 Å². The van der Waals surface area contributed by atoms with Crippen LogP contribution < -0.4 is 11.4 Å². The summed E-state index contributed by atoms with van der Waals surface area (Å²) < 4.78 is 26.4. The molecule has 1 aromatic heterocycles. The van der Waals surface area contributed by atoms with Crippen LogP contribution in [0.5, 0.6) is 0 Å². The molecule has 22 heavy (non-hydrogen) atoms. The number of aromatic nitrogens is 2. The normalized spacial score (nSPS) is 11.9. The molecule has 0 atom stereocenters. The second-order valence-electron chi connectivity index (χ2n) is 5.24. The number of nitrogens with one attached hydrogen (secondary N) is 1. The molecule has 0 aliphatic carbocycles. The van der Waals surface area contributed by atoms with Gasteiger partial charge in [-0.25, -0.2) is 13.2 Å². The molecule has 0 unspecified atom stereocenters. The highest BCUT2D eigenvalue weighted by Crippen LogP contribution is 2.22. The molecular formula is C15H15N3O3S. The molecule has 1 heterocycles. The Hall–Kier alpha value is -2.54. The van der Waals surface area contributed by atoms with Crippen LogP contribution in [0.1, 0.15) is 11.1 Å². The molecule has 0 amide bonds. The van der Waals surface area contributed by atoms with Crippen LogP contribution in [-0.2, 0) is 10.0 Å². The highest BCUT2D eigenvalue weighted by molar-refractivity contribution is 7.90. The van der Waals surface area contributed by atoms with Gasteiger partial charge in [0.05, 0.1) is 15.9 Å². The van der Waals surface area contributed by atoms with Gasteiger partial charge in [0.25, 0.3) is 10.0 Å². The van der Waals surface area contributed by atoms with E-state index in [9.17, 15) is 13.2 Å². The van der Waals surface area contributed by atoms with Crippen LogP contribution in [0, 0.1) is 13.8 Å². The first-order chi connectivity index (χ1) is 10.3. The zero-order valence-corrected chi connectivity index (χ0v) is 12.9. The van der Waals surface area contributed by atoms with E-state index >= 15 is 0 Å². The molecule has 0 saturated carbocycles. The van der Waals surface area contributed by atoms with Crippen LogP contribution in [0.15, 0.2) is 46.1 Å². The number of aryl methyl sites for hydroxylation is 2. The van der Waals surface area contributed by atoms with Gasteiger partial charge < -0.3 is 10.7 Å². The number of anilines is 1. The first-order valence-corrected chi connectivity index (χ1v) is 8.08. The third-order valence-electron chi connectivity index (χ3n) is 3.56. The predicted molar refractivity (Wildman–Crippen MR) is 85.5 cm³/mol. The Kier molecular flexibility index (Phi) is 3.10. The molecule has 0 fully saturated rings. The van der Waals surface area contributed by atoms with E-state index in [0.717, 1.165) is 9.54 Å². The molecule has 2 aromatic carbocycles. The summed E-state index contributed by atoms with van der Waals surface area (Å²) in [5.74, 6) is 0. The highest BCUT2D eigenvalue weighted by Gasteiger charge is 2.23. The topological polar surface area (TPSA) is 98.0 Å². The minimum absolute atomic E-state index is 0.0741. The predicted octanol–water partition coefficient (Wildman–Crippen LogP) is 1.77. The molecular weight excluding hydrogens is 302 g/mol. The van der Waals surface area contributed by atoms with Crippen molar-refractivity contribution < 1.29 is 8.42 Å². The van der Waals surface area contributed by atoms with Crippen molar-refractivity contribution in [3.05, 3.63) is 58.0 Å². The first-order valence-electron chi connectivity index (χ1n) is 6.64. The lowest BCUT2D eigenvalue weighted by Crippen LogP contribution is -2.25. The van der Waals surface area contributed by atoms with Gasteiger partial charge in [0, 0.05) is 5.69 Å². The number of imidazole rings is 1. The zero-order chi connectivity index (χ0) is 16.1. The van der Waals surface area contributed by atoms with E-state index < -0.39 is 15.7 Å². The Balaban J connectivity index is 2.37. The molecule has 0 radical (unpaired) electrons. The largest absolute Gasteiger partial charge is 0.398 e. The van der Waals surface area contributed by atoms with Gasteiger partial charge in [-0.3, -0.25) is 0 Å². The number of rotatable bonds is 2. The van der Waals surface area contributed by atoms with E-state index in [1.807, 2.05) is 0 Å². The summed E-state index contributed by atoms with van der Waals surface area (Å²) >= 11 is 0. The number of hydrogen-bond acceptors (Lipinski definition) is 4. The van der Waals surface area contributed by atoms with Gasteiger partial charge >= 0.3 is 5.69 Å². The van der Waals surface area contributed by atoms with E-state index in [-0.39, 0.29) is 4.90 Å². The molecule has 3 aromatic rings. The standard InChI is InChI=1S/C15H15N3O3S/c1-9-4-3-5-11(6-9)22(20,21)18-14-7-10(2)12(16)8-13(14)17-15(18)19/h3-8H,16H2,1-2H3,(H,17,19). The summed E-state index contributed by atoms with van der Waals surface area (Å²) in [6.45, 7) is 3.55. The molecule has 6 nitrogen and oxygen atoms in total. The number of fused-ring (bicyclic) bond motifs is 1. The number of nitrogens with zero attached hydrogens (tertiary/aromatic N) is 1. The summed E-state index contributed by atoms with van der Waals surface area (Å²) in [5, 5.41) is 0. The van der Waals surface area contributed by atoms with Crippen molar-refractivity contribution in [2.75, 3.05) is 5.73 Å². The Morgan fingerprint density at radius 3 is 2.55 bits per heavy atom. The molecule has 3 N–H and O–H groups in total. The second kappa shape index (κ2) is 4.74. The van der Waals surface area contributed by atoms with Crippen molar-refractivity contribution >= 4 is 26.7 Å². The lowest BCUT2D eigenvalue weighted by Gasteiger charge is -2.07. The summed E-state index contributed by atoms with van der Waals surface area (Å²) in [7, 11) is -3.97. The summed E-state index contributed by atoms with van der Waals surface area (Å²) in [6, 6.07) is 9.60. The molecule has 0 bridgehead atoms. The zero-order valence-electron chi connectivity index (χ0n) is 12.1. The van der Waals surface area contributed by atoms with E-state index in [0.29, 0.717) is 22.3 Å². The van der Waals surface area contributed by atoms with Crippen LogP contribution in [0.25, 0.3) is 11.0 Å². The van der Waals surface area contributed by atoms with E-state index in [4.69, 9.17) is 5.73 Å². The Morgan fingerprint density at radius 2 is 1.86 bits per heavy atom. The molecule has 0 aliphatic rings. The number of benzene rings is 2. The minimum Gasteiger partial charge on any atom is -0.398 e. The fraction of sp³-hybridized carbons (Fsp3) is 0.133. The molecule has 3 rings (SSSR count). The fourth-order valence-corrected chi connectivity index (χ4v) is 3.84. The van der Waals surface area contributed by atoms with Crippen molar-refractivity contribution in [1.82, 2.24) is 8.96 Å². The molecule has 7 heteroatoms. The Morgan fingerprint density at radius 1 is 1.14 bits per heavy atom. The van der Waals surface area contributed by atoms with Crippen LogP contribution in [0.3, 0.4) is 0 Å². The average molecular weight is 317 g/mol. The monoisotopic (exact) mass is 317 g/mol. The SMILES string of the molecule is Cc1cccc(S(=O)(=O)n2c(=O)[nH]c3cc(N)c(C)cc32)c1. The van der Waals surface area contributed by atoms with Gasteiger partial charge in [-0.2, -0.15) is 3.97 Å². The van der Waals surface area contributed by atoms with E-state index in [2.05, 4.69) is 4.98 Å². The molecule has 0 saturated heterocycles. The summed E-state index contributed by atoms with van der Waals surface area (Å²) in [5.41, 5.74) is 7.78. The third-order valence-corrected chi connectivity index (χ3v) is 5.25. The minimum atomic E-state index is -3.97. The highest BCUT2D eigenvalue weighted by atomic mass is 32.2. The van der Waals surface area contributed by atoms with E-state index in [1.165, 1.54) is 12.1 Å². The van der Waals surface area contributed by atoms with Gasteiger partial charge in [-0.15, -0.1) is 0 Å². The molecule has 0 spiro atoms. The lowest BCUT2D eigenvalue weighted by atomic mass is 10.2. The maximum Gasteiger partial charge on any atom is 0.340 e. The number of nitrogens with two attached hydrogens (primary N) is 1. The summed E-state index contributed by atoms with van der Waals surface area (Å²) in [6.07, 6.45) is 0. The number of nitrogen functional groups attached to an aromatic ring is 1. The van der Waals surface area contributed by atoms with Gasteiger partial charge in [-0.05, 0) is 49.2 Å². The van der Waals surface area contributed by atoms with Crippen molar-refractivity contribution in [3.8, 4) is 0 Å². The van der Waals surface area contributed by atoms with Crippen molar-refractivity contribution in [1.29, 1.82) is 0 Å². The van der Waals surface area contributed by atoms with Crippen LogP contribution in [-0.4, -0.2) is 17.4 Å². The maximum atomic E-state index is 12.8. The van der Waals surface area contributed by atoms with Gasteiger partial charge in [0.1, 0.15) is 0 Å². The Labute approximate surface area is 127 Å². The molecule has 0 aliphatic heterocycles. The Bertz CT molecular complexity index is 1050. The number of H-pyrrole nitrogens is 1. The van der Waals surface area contributed by atoms with Gasteiger partial charge in [0.15, 0.2) is 0 Å². The molecule has 114 valence electrons. The van der Waals surface area contributed by atoms with Crippen LogP contribution in [0.2, 0.25) is 0 Å². The van der Waals surface area contributed by atoms with Crippen molar-refractivity contribution in [2.24, 2.45) is 0 Å². The fourth-order valence-electron chi connectivity index (χ4n) is 2.37. The quantitative estimate of drug-likeness (QED) is 0.704. The van der Waals surface area contributed by atoms with Crippen LogP contribution >= 0.6 is 0 Å². The maximum absolute atomic E-state index is 12.8. The average Bonchev–Trinajstić information content (AvgIpc) is 2.75. The van der Waals surface area contributed by atoms with Gasteiger partial charge in [-0.1, -0.05) is 12.1 Å². The lowest BCUT2D eigenvalue weighted by molar-refractivity contribution is 0.587. The number of aromatic amines is 1. The van der Waals surface area contributed by atoms with Crippen LogP contribution in [0.4, 0.5) is 5.69 Å². The van der Waals surface area contributed by atoms with Crippen molar-refractivity contribution in [3.63, 3.8) is 0 Å². The first kappa shape index (κ1) is 14.4. The van der Waals surface area contributed by atoms with Gasteiger partial charge in [0.2, 0.25) is 0 Å². The third kappa shape index (κ3) is 2.10. The summed E-state index contributed by atoms with van der Waals surface area (Å²) in [4.78, 5) is 14.8.